The Morgan fingerprint density at radius 1 is 0.757 bits per heavy atom. The number of esters is 5. The molecule has 0 aromatic heterocycles. The van der Waals surface area contributed by atoms with Gasteiger partial charge in [-0.15, -0.1) is 0 Å². The van der Waals surface area contributed by atoms with Gasteiger partial charge >= 0.3 is 45.5 Å². The molecule has 1 rings (SSSR count). The van der Waals surface area contributed by atoms with Crippen molar-refractivity contribution in [3.63, 3.8) is 0 Å². The summed E-state index contributed by atoms with van der Waals surface area (Å²) in [7, 11) is -11.3. The molecule has 0 aliphatic carbocycles. The highest BCUT2D eigenvalue weighted by molar-refractivity contribution is 7.60. The van der Waals surface area contributed by atoms with Crippen molar-refractivity contribution in [1.29, 1.82) is 0 Å². The van der Waals surface area contributed by atoms with Gasteiger partial charge in [0.25, 0.3) is 0 Å². The molecule has 0 radical (unpaired) electrons. The van der Waals surface area contributed by atoms with Gasteiger partial charge in [0, 0.05) is 34.6 Å². The first kappa shape index (κ1) is 32.6. The molecular weight excluding hydrogens is 554 g/mol. The van der Waals surface area contributed by atoms with Gasteiger partial charge in [-0.05, 0) is 0 Å². The molecule has 0 aromatic rings. The van der Waals surface area contributed by atoms with Gasteiger partial charge in [-0.25, -0.2) is 9.13 Å². The fourth-order valence-electron chi connectivity index (χ4n) is 3.08. The lowest BCUT2D eigenvalue weighted by atomic mass is 9.94. The van der Waals surface area contributed by atoms with Gasteiger partial charge in [0.1, 0.15) is 12.7 Å². The summed E-state index contributed by atoms with van der Waals surface area (Å²) in [4.78, 5) is 86.1. The molecule has 18 nitrogen and oxygen atoms in total. The molecule has 0 amide bonds. The van der Waals surface area contributed by atoms with Gasteiger partial charge in [-0.3, -0.25) is 28.5 Å². The lowest BCUT2D eigenvalue weighted by molar-refractivity contribution is -0.301. The van der Waals surface area contributed by atoms with Crippen LogP contribution in [0, 0.1) is 0 Å². The van der Waals surface area contributed by atoms with Crippen molar-refractivity contribution >= 4 is 45.5 Å². The van der Waals surface area contributed by atoms with E-state index >= 15 is 0 Å². The van der Waals surface area contributed by atoms with Crippen LogP contribution in [0.5, 0.6) is 0 Å². The number of ether oxygens (including phenoxy) is 6. The highest BCUT2D eigenvalue weighted by atomic mass is 31.3. The molecule has 0 aromatic carbocycles. The van der Waals surface area contributed by atoms with Crippen LogP contribution >= 0.6 is 15.6 Å². The van der Waals surface area contributed by atoms with Crippen LogP contribution in [0.15, 0.2) is 0 Å². The van der Waals surface area contributed by atoms with Crippen molar-refractivity contribution < 1.29 is 85.0 Å². The van der Waals surface area contributed by atoms with Crippen LogP contribution in [0.25, 0.3) is 0 Å². The second kappa shape index (κ2) is 13.4. The van der Waals surface area contributed by atoms with E-state index < -0.39 is 88.9 Å². The minimum absolute atomic E-state index is 0.745. The Bertz CT molecular complexity index is 973. The molecule has 20 heteroatoms. The maximum absolute atomic E-state index is 12.2. The van der Waals surface area contributed by atoms with Crippen molar-refractivity contribution in [1.82, 2.24) is 0 Å². The summed E-state index contributed by atoms with van der Waals surface area (Å²) in [5, 5.41) is 0. The average Bonchev–Trinajstić information content (AvgIpc) is 2.66. The fourth-order valence-corrected chi connectivity index (χ4v) is 4.74. The molecule has 0 spiro atoms. The van der Waals surface area contributed by atoms with E-state index in [1.807, 2.05) is 0 Å². The van der Waals surface area contributed by atoms with Crippen molar-refractivity contribution in [3.8, 4) is 0 Å². The Kier molecular flexibility index (Phi) is 11.8. The Labute approximate surface area is 209 Å². The van der Waals surface area contributed by atoms with Gasteiger partial charge in [0.2, 0.25) is 6.29 Å². The molecule has 1 aliphatic rings. The second-order valence-electron chi connectivity index (χ2n) is 7.29. The first-order valence-corrected chi connectivity index (χ1v) is 13.1. The molecule has 1 unspecified atom stereocenters. The zero-order valence-corrected chi connectivity index (χ0v) is 21.8. The minimum atomic E-state index is -5.71. The number of hydrogen-bond acceptors (Lipinski definition) is 15. The number of carbonyl (C=O) groups is 5. The summed E-state index contributed by atoms with van der Waals surface area (Å²) in [6.07, 6.45) is -11.5. The maximum atomic E-state index is 12.2. The third-order valence-electron chi connectivity index (χ3n) is 4.02. The van der Waals surface area contributed by atoms with E-state index in [9.17, 15) is 38.0 Å². The van der Waals surface area contributed by atoms with Crippen molar-refractivity contribution in [2.75, 3.05) is 6.61 Å². The van der Waals surface area contributed by atoms with Crippen LogP contribution in [-0.4, -0.2) is 87.9 Å². The molecule has 1 saturated heterocycles. The number of carbonyl (C=O) groups excluding carboxylic acids is 5. The third kappa shape index (κ3) is 11.7. The summed E-state index contributed by atoms with van der Waals surface area (Å²) in [5.74, 6) is -4.98. The Morgan fingerprint density at radius 2 is 1.24 bits per heavy atom. The summed E-state index contributed by atoms with van der Waals surface area (Å²) in [6.45, 7) is 3.88. The molecule has 1 fully saturated rings. The van der Waals surface area contributed by atoms with Crippen LogP contribution in [0.1, 0.15) is 34.6 Å². The molecule has 7 atom stereocenters. The van der Waals surface area contributed by atoms with E-state index in [4.69, 9.17) is 38.2 Å². The predicted octanol–water partition coefficient (Wildman–Crippen LogP) is -0.772. The first-order chi connectivity index (χ1) is 16.8. The zero-order chi connectivity index (χ0) is 28.7. The third-order valence-corrected chi connectivity index (χ3v) is 6.17. The summed E-state index contributed by atoms with van der Waals surface area (Å²) in [6, 6.07) is 0. The van der Waals surface area contributed by atoms with Crippen LogP contribution in [0.4, 0.5) is 0 Å². The van der Waals surface area contributed by atoms with Crippen LogP contribution in [0.3, 0.4) is 0 Å². The average molecular weight is 580 g/mol. The Hall–Kier alpha value is -2.43. The van der Waals surface area contributed by atoms with E-state index in [1.54, 1.807) is 0 Å². The van der Waals surface area contributed by atoms with E-state index in [1.165, 1.54) is 0 Å². The topological polar surface area (TPSA) is 254 Å². The summed E-state index contributed by atoms with van der Waals surface area (Å²) in [5.41, 5.74) is 0. The lowest BCUT2D eigenvalue weighted by Crippen LogP contribution is -2.65. The van der Waals surface area contributed by atoms with Gasteiger partial charge in [-0.2, -0.15) is 4.31 Å². The normalized spacial score (nSPS) is 26.1. The second-order valence-corrected chi connectivity index (χ2v) is 10.1. The number of rotatable bonds is 11. The van der Waals surface area contributed by atoms with Gasteiger partial charge in [0.05, 0.1) is 0 Å². The highest BCUT2D eigenvalue weighted by Gasteiger charge is 2.57. The largest absolute Gasteiger partial charge is 0.483 e. The van der Waals surface area contributed by atoms with Gasteiger partial charge in [0.15, 0.2) is 24.4 Å². The molecule has 0 bridgehead atoms. The lowest BCUT2D eigenvalue weighted by Gasteiger charge is -2.45. The Morgan fingerprint density at radius 3 is 1.68 bits per heavy atom. The highest BCUT2D eigenvalue weighted by Crippen LogP contribution is 2.59. The van der Waals surface area contributed by atoms with Crippen molar-refractivity contribution in [2.45, 2.75) is 71.4 Å². The number of phosphoric acid groups is 2. The van der Waals surface area contributed by atoms with Crippen molar-refractivity contribution in [2.24, 2.45) is 0 Å². The van der Waals surface area contributed by atoms with E-state index in [0.717, 1.165) is 34.6 Å². The van der Waals surface area contributed by atoms with Crippen LogP contribution in [-0.2, 0) is 70.4 Å². The quantitative estimate of drug-likeness (QED) is 0.154. The van der Waals surface area contributed by atoms with Gasteiger partial charge in [-0.1, -0.05) is 0 Å². The predicted molar refractivity (Wildman–Crippen MR) is 112 cm³/mol. The molecule has 212 valence electrons. The fraction of sp³-hybridized carbons (Fsp3) is 0.706. The number of phosphoric ester groups is 1. The van der Waals surface area contributed by atoms with E-state index in [0.29, 0.717) is 0 Å². The molecule has 1 aliphatic heterocycles. The smallest absolute Gasteiger partial charge is 0.462 e. The number of hydrogen-bond donors (Lipinski definition) is 3. The molecule has 0 saturated carbocycles. The standard InChI is InChI=1S/C17H26O18P2/c1-7(18)28-6-12(29-8(2)19)13-14(30-9(3)20)15(31-10(4)21)16(32-11(5)22)17(33-13)34-37(26,27)35-36(23,24)25/h12-17H,6H2,1-5H3,(H,26,27)(H2,23,24,25)/t12-,13-,14-,15+,16+,17+/m1/s1. The van der Waals surface area contributed by atoms with E-state index in [-0.39, 0.29) is 0 Å². The molecule has 37 heavy (non-hydrogen) atoms. The SMILES string of the molecule is CC(=O)OC[C@@H](OC(C)=O)[C@H]1O[C@@H](OP(=O)(O)OP(=O)(O)O)[C@@H](OC(C)=O)[C@@H](OC(C)=O)[C@@H]1OC(C)=O. The maximum Gasteiger partial charge on any atom is 0.483 e. The molecule has 3 N–H and O–H groups in total. The minimum Gasteiger partial charge on any atom is -0.462 e. The Balaban J connectivity index is 3.67. The first-order valence-electron chi connectivity index (χ1n) is 10.1. The summed E-state index contributed by atoms with van der Waals surface area (Å²) < 4.78 is 62.3. The monoisotopic (exact) mass is 580 g/mol. The zero-order valence-electron chi connectivity index (χ0n) is 20.0. The molecule has 1 heterocycles. The van der Waals surface area contributed by atoms with E-state index in [2.05, 4.69) is 8.83 Å². The van der Waals surface area contributed by atoms with Crippen LogP contribution < -0.4 is 0 Å². The molecular formula is C17H26O18P2. The summed E-state index contributed by atoms with van der Waals surface area (Å²) >= 11 is 0. The van der Waals surface area contributed by atoms with Gasteiger partial charge < -0.3 is 43.1 Å². The van der Waals surface area contributed by atoms with Crippen LogP contribution in [0.2, 0.25) is 0 Å². The van der Waals surface area contributed by atoms with Crippen molar-refractivity contribution in [3.05, 3.63) is 0 Å².